The summed E-state index contributed by atoms with van der Waals surface area (Å²) < 4.78 is 26.4. The number of aryl methyl sites for hydroxylation is 2. The number of hydrogen-bond acceptors (Lipinski definition) is 2. The first-order valence-corrected chi connectivity index (χ1v) is 8.84. The largest absolute Gasteiger partial charge is 0.242 e. The maximum Gasteiger partial charge on any atom is 0.242 e. The molecule has 0 radical (unpaired) electrons. The predicted molar refractivity (Wildman–Crippen MR) is 81.2 cm³/mol. The van der Waals surface area contributed by atoms with Crippen LogP contribution in [0.2, 0.25) is 0 Å². The Kier molecular flexibility index (Phi) is 4.38. The summed E-state index contributed by atoms with van der Waals surface area (Å²) in [6, 6.07) is 5.32. The molecule has 0 N–H and O–H groups in total. The Morgan fingerprint density at radius 2 is 1.89 bits per heavy atom. The van der Waals surface area contributed by atoms with Crippen molar-refractivity contribution in [1.82, 2.24) is 4.31 Å². The van der Waals surface area contributed by atoms with Gasteiger partial charge in [0.05, 0.1) is 4.90 Å². The Bertz CT molecular complexity index is 565. The molecule has 0 saturated heterocycles. The first kappa shape index (κ1) is 15.0. The lowest BCUT2D eigenvalue weighted by atomic mass is 9.85. The zero-order valence-electron chi connectivity index (χ0n) is 11.6. The quantitative estimate of drug-likeness (QED) is 0.786. The molecule has 0 amide bonds. The molecule has 2 rings (SSSR count). The predicted octanol–water partition coefficient (Wildman–Crippen LogP) is 3.10. The number of halogens is 1. The summed E-state index contributed by atoms with van der Waals surface area (Å²) in [5.74, 6) is 0.482. The number of rotatable bonds is 4. The van der Waals surface area contributed by atoms with Gasteiger partial charge in [-0.15, -0.1) is 0 Å². The standard InChI is InChI=1S/C14H20BrNO2S/c1-10-4-5-14(6-11(10)2)19(17,18)16(3)9-12-7-13(15)8-12/h4-6,12-13H,7-9H2,1-3H3. The van der Waals surface area contributed by atoms with Gasteiger partial charge in [0, 0.05) is 18.4 Å². The minimum absolute atomic E-state index is 0.396. The van der Waals surface area contributed by atoms with Crippen LogP contribution in [-0.2, 0) is 10.0 Å². The average molecular weight is 346 g/mol. The highest BCUT2D eigenvalue weighted by atomic mass is 79.9. The van der Waals surface area contributed by atoms with Crippen molar-refractivity contribution in [2.75, 3.05) is 13.6 Å². The van der Waals surface area contributed by atoms with Gasteiger partial charge < -0.3 is 0 Å². The second kappa shape index (κ2) is 5.54. The molecular weight excluding hydrogens is 326 g/mol. The van der Waals surface area contributed by atoms with E-state index in [9.17, 15) is 8.42 Å². The monoisotopic (exact) mass is 345 g/mol. The molecule has 3 nitrogen and oxygen atoms in total. The number of nitrogens with zero attached hydrogens (tertiary/aromatic N) is 1. The highest BCUT2D eigenvalue weighted by Crippen LogP contribution is 2.34. The van der Waals surface area contributed by atoms with Crippen molar-refractivity contribution in [2.45, 2.75) is 36.4 Å². The fraction of sp³-hybridized carbons (Fsp3) is 0.571. The van der Waals surface area contributed by atoms with Gasteiger partial charge in [0.15, 0.2) is 0 Å². The summed E-state index contributed by atoms with van der Waals surface area (Å²) >= 11 is 3.54. The Hall–Kier alpha value is -0.390. The van der Waals surface area contributed by atoms with Crippen LogP contribution in [0.5, 0.6) is 0 Å². The maximum absolute atomic E-state index is 12.5. The number of hydrogen-bond donors (Lipinski definition) is 0. The zero-order chi connectivity index (χ0) is 14.2. The van der Waals surface area contributed by atoms with Crippen molar-refractivity contribution in [2.24, 2.45) is 5.92 Å². The molecule has 19 heavy (non-hydrogen) atoms. The molecule has 1 aliphatic carbocycles. The van der Waals surface area contributed by atoms with Crippen LogP contribution in [0.1, 0.15) is 24.0 Å². The molecule has 0 spiro atoms. The molecule has 0 bridgehead atoms. The van der Waals surface area contributed by atoms with Crippen LogP contribution in [-0.4, -0.2) is 31.1 Å². The minimum Gasteiger partial charge on any atom is -0.207 e. The second-order valence-electron chi connectivity index (χ2n) is 5.47. The summed E-state index contributed by atoms with van der Waals surface area (Å²) in [4.78, 5) is 0.961. The van der Waals surface area contributed by atoms with Gasteiger partial charge in [-0.25, -0.2) is 12.7 Å². The Morgan fingerprint density at radius 3 is 2.42 bits per heavy atom. The summed E-state index contributed by atoms with van der Waals surface area (Å²) in [6.07, 6.45) is 2.12. The Morgan fingerprint density at radius 1 is 1.26 bits per heavy atom. The van der Waals surface area contributed by atoms with E-state index in [1.807, 2.05) is 19.9 Å². The molecule has 1 aromatic rings. The van der Waals surface area contributed by atoms with E-state index in [0.717, 1.165) is 24.0 Å². The van der Waals surface area contributed by atoms with Gasteiger partial charge in [0.25, 0.3) is 0 Å². The SMILES string of the molecule is Cc1ccc(S(=O)(=O)N(C)CC2CC(Br)C2)cc1C. The number of alkyl halides is 1. The molecule has 1 aromatic carbocycles. The molecule has 0 unspecified atom stereocenters. The fourth-order valence-corrected chi connectivity index (χ4v) is 4.71. The molecule has 0 aromatic heterocycles. The third kappa shape index (κ3) is 3.20. The van der Waals surface area contributed by atoms with Gasteiger partial charge in [0.1, 0.15) is 0 Å². The first-order valence-electron chi connectivity index (χ1n) is 6.48. The summed E-state index contributed by atoms with van der Waals surface area (Å²) in [5.41, 5.74) is 2.13. The van der Waals surface area contributed by atoms with E-state index < -0.39 is 10.0 Å². The molecule has 106 valence electrons. The van der Waals surface area contributed by atoms with Crippen LogP contribution in [0.25, 0.3) is 0 Å². The van der Waals surface area contributed by atoms with Crippen molar-refractivity contribution >= 4 is 26.0 Å². The van der Waals surface area contributed by atoms with Crippen LogP contribution in [0.15, 0.2) is 23.1 Å². The van der Waals surface area contributed by atoms with Crippen LogP contribution >= 0.6 is 15.9 Å². The van der Waals surface area contributed by atoms with E-state index in [-0.39, 0.29) is 0 Å². The third-order valence-electron chi connectivity index (χ3n) is 3.88. The van der Waals surface area contributed by atoms with Gasteiger partial charge in [-0.05, 0) is 55.9 Å². The molecular formula is C14H20BrNO2S. The van der Waals surface area contributed by atoms with E-state index in [1.165, 1.54) is 4.31 Å². The summed E-state index contributed by atoms with van der Waals surface area (Å²) in [5, 5.41) is 0. The zero-order valence-corrected chi connectivity index (χ0v) is 14.0. The van der Waals surface area contributed by atoms with Crippen molar-refractivity contribution < 1.29 is 8.42 Å². The van der Waals surface area contributed by atoms with Crippen molar-refractivity contribution in [3.63, 3.8) is 0 Å². The first-order chi connectivity index (χ1) is 8.80. The van der Waals surface area contributed by atoms with E-state index in [0.29, 0.717) is 22.2 Å². The van der Waals surface area contributed by atoms with Gasteiger partial charge in [-0.3, -0.25) is 0 Å². The summed E-state index contributed by atoms with van der Waals surface area (Å²) in [7, 11) is -1.68. The highest BCUT2D eigenvalue weighted by Gasteiger charge is 2.31. The normalized spacial score (nSPS) is 23.4. The lowest BCUT2D eigenvalue weighted by Crippen LogP contribution is -2.37. The van der Waals surface area contributed by atoms with Gasteiger partial charge in [-0.2, -0.15) is 0 Å². The van der Waals surface area contributed by atoms with E-state index >= 15 is 0 Å². The van der Waals surface area contributed by atoms with Crippen LogP contribution in [0.4, 0.5) is 0 Å². The van der Waals surface area contributed by atoms with Gasteiger partial charge in [-0.1, -0.05) is 22.0 Å². The molecule has 0 atom stereocenters. The van der Waals surface area contributed by atoms with Gasteiger partial charge in [0.2, 0.25) is 10.0 Å². The smallest absolute Gasteiger partial charge is 0.207 e. The minimum atomic E-state index is -3.35. The second-order valence-corrected chi connectivity index (χ2v) is 8.81. The van der Waals surface area contributed by atoms with Crippen molar-refractivity contribution in [3.8, 4) is 0 Å². The number of sulfonamides is 1. The molecule has 1 aliphatic rings. The third-order valence-corrected chi connectivity index (χ3v) is 6.45. The van der Waals surface area contributed by atoms with Crippen LogP contribution < -0.4 is 0 Å². The Labute approximate surface area is 124 Å². The average Bonchev–Trinajstić information content (AvgIpc) is 2.30. The Balaban J connectivity index is 2.14. The van der Waals surface area contributed by atoms with Crippen molar-refractivity contribution in [3.05, 3.63) is 29.3 Å². The highest BCUT2D eigenvalue weighted by molar-refractivity contribution is 9.09. The topological polar surface area (TPSA) is 37.4 Å². The maximum atomic E-state index is 12.5. The fourth-order valence-electron chi connectivity index (χ4n) is 2.32. The van der Waals surface area contributed by atoms with Crippen LogP contribution in [0.3, 0.4) is 0 Å². The van der Waals surface area contributed by atoms with Gasteiger partial charge >= 0.3 is 0 Å². The number of benzene rings is 1. The van der Waals surface area contributed by atoms with E-state index in [1.54, 1.807) is 19.2 Å². The van der Waals surface area contributed by atoms with Crippen LogP contribution in [0, 0.1) is 19.8 Å². The lowest BCUT2D eigenvalue weighted by Gasteiger charge is -2.34. The molecule has 5 heteroatoms. The molecule has 0 heterocycles. The van der Waals surface area contributed by atoms with Crippen molar-refractivity contribution in [1.29, 1.82) is 0 Å². The lowest BCUT2D eigenvalue weighted by molar-refractivity contribution is 0.275. The summed E-state index contributed by atoms with van der Waals surface area (Å²) in [6.45, 7) is 4.53. The molecule has 0 aliphatic heterocycles. The van der Waals surface area contributed by atoms with E-state index in [4.69, 9.17) is 0 Å². The molecule has 1 fully saturated rings. The molecule has 1 saturated carbocycles. The van der Waals surface area contributed by atoms with E-state index in [2.05, 4.69) is 15.9 Å².